The summed E-state index contributed by atoms with van der Waals surface area (Å²) in [7, 11) is 1.72. The van der Waals surface area contributed by atoms with E-state index in [1.54, 1.807) is 7.11 Å². The lowest BCUT2D eigenvalue weighted by atomic mass is 10.1. The van der Waals surface area contributed by atoms with Crippen LogP contribution < -0.4 is 5.32 Å². The van der Waals surface area contributed by atoms with Gasteiger partial charge in [0.2, 0.25) is 0 Å². The van der Waals surface area contributed by atoms with Gasteiger partial charge >= 0.3 is 0 Å². The molecular weight excluding hydrogens is 286 g/mol. The second-order valence-corrected chi connectivity index (χ2v) is 6.43. The number of rotatable bonds is 15. The third-order valence-electron chi connectivity index (χ3n) is 4.29. The molecule has 23 heavy (non-hydrogen) atoms. The molecule has 0 aliphatic carbocycles. The molecule has 0 spiro atoms. The van der Waals surface area contributed by atoms with E-state index in [0.29, 0.717) is 0 Å². The molecule has 1 rings (SSSR count). The fourth-order valence-corrected chi connectivity index (χ4v) is 2.80. The van der Waals surface area contributed by atoms with E-state index in [1.165, 1.54) is 64.2 Å². The molecule has 0 aromatic rings. The van der Waals surface area contributed by atoms with Gasteiger partial charge in [0.25, 0.3) is 0 Å². The molecule has 1 heterocycles. The minimum Gasteiger partial charge on any atom is -0.383 e. The summed E-state index contributed by atoms with van der Waals surface area (Å²) in [5.41, 5.74) is 0. The molecule has 4 heteroatoms. The van der Waals surface area contributed by atoms with Gasteiger partial charge in [-0.2, -0.15) is 0 Å². The predicted molar refractivity (Wildman–Crippen MR) is 99.9 cm³/mol. The first-order valence-corrected chi connectivity index (χ1v) is 9.58. The fourth-order valence-electron chi connectivity index (χ4n) is 2.80. The Morgan fingerprint density at radius 3 is 2.26 bits per heavy atom. The first kappa shape index (κ1) is 20.0. The summed E-state index contributed by atoms with van der Waals surface area (Å²) in [5, 5.41) is 3.26. The molecule has 4 nitrogen and oxygen atoms in total. The molecule has 0 saturated heterocycles. The van der Waals surface area contributed by atoms with Gasteiger partial charge in [-0.3, -0.25) is 0 Å². The molecule has 0 fully saturated rings. The summed E-state index contributed by atoms with van der Waals surface area (Å²) in [6.07, 6.45) is 18.0. The molecule has 1 aliphatic rings. The summed E-state index contributed by atoms with van der Waals surface area (Å²) < 4.78 is 5.02. The molecule has 0 aromatic carbocycles. The monoisotopic (exact) mass is 323 g/mol. The van der Waals surface area contributed by atoms with E-state index in [-0.39, 0.29) is 0 Å². The predicted octanol–water partition coefficient (Wildman–Crippen LogP) is 4.33. The summed E-state index contributed by atoms with van der Waals surface area (Å²) in [6.45, 7) is 5.91. The number of nitrogens with zero attached hydrogens (tertiary/aromatic N) is 2. The molecule has 0 unspecified atom stereocenters. The van der Waals surface area contributed by atoms with Crippen LogP contribution in [0, 0.1) is 0 Å². The van der Waals surface area contributed by atoms with Crippen LogP contribution in [0.3, 0.4) is 0 Å². The second kappa shape index (κ2) is 14.6. The largest absolute Gasteiger partial charge is 0.383 e. The highest BCUT2D eigenvalue weighted by atomic mass is 16.5. The molecule has 0 radical (unpaired) electrons. The maximum Gasteiger partial charge on any atom is 0.125 e. The van der Waals surface area contributed by atoms with Crippen molar-refractivity contribution in [2.24, 2.45) is 4.99 Å². The van der Waals surface area contributed by atoms with E-state index in [1.807, 2.05) is 6.34 Å². The van der Waals surface area contributed by atoms with Gasteiger partial charge in [0.05, 0.1) is 12.9 Å². The van der Waals surface area contributed by atoms with Crippen molar-refractivity contribution in [2.75, 3.05) is 33.4 Å². The standard InChI is InChI=1S/C19H37N3O/c1-3-4-5-6-7-8-9-10-11-12-15-22-16-13-19(21-18-22)20-14-17-23-2/h13,18,20H,3-12,14-17H2,1-2H3. The van der Waals surface area contributed by atoms with Crippen molar-refractivity contribution in [1.82, 2.24) is 10.2 Å². The smallest absolute Gasteiger partial charge is 0.125 e. The zero-order valence-electron chi connectivity index (χ0n) is 15.4. The molecule has 134 valence electrons. The van der Waals surface area contributed by atoms with Crippen molar-refractivity contribution in [3.8, 4) is 0 Å². The maximum atomic E-state index is 5.02. The summed E-state index contributed by atoms with van der Waals surface area (Å²) in [5.74, 6) is 0.973. The Morgan fingerprint density at radius 1 is 1.04 bits per heavy atom. The topological polar surface area (TPSA) is 36.9 Å². The maximum absolute atomic E-state index is 5.02. The highest BCUT2D eigenvalue weighted by Gasteiger charge is 2.05. The van der Waals surface area contributed by atoms with Crippen molar-refractivity contribution in [3.63, 3.8) is 0 Å². The highest BCUT2D eigenvalue weighted by Crippen LogP contribution is 2.11. The molecule has 1 aliphatic heterocycles. The Balaban J connectivity index is 1.89. The van der Waals surface area contributed by atoms with Crippen LogP contribution in [0.4, 0.5) is 0 Å². The van der Waals surface area contributed by atoms with Crippen molar-refractivity contribution >= 4 is 6.34 Å². The van der Waals surface area contributed by atoms with Crippen LogP contribution in [0.1, 0.15) is 71.1 Å². The lowest BCUT2D eigenvalue weighted by Crippen LogP contribution is -2.29. The highest BCUT2D eigenvalue weighted by molar-refractivity contribution is 5.58. The fraction of sp³-hybridized carbons (Fsp3) is 0.842. The lowest BCUT2D eigenvalue weighted by molar-refractivity contribution is 0.201. The van der Waals surface area contributed by atoms with E-state index in [4.69, 9.17) is 4.74 Å². The van der Waals surface area contributed by atoms with Gasteiger partial charge in [0, 0.05) is 26.7 Å². The van der Waals surface area contributed by atoms with Crippen molar-refractivity contribution in [2.45, 2.75) is 71.1 Å². The van der Waals surface area contributed by atoms with Crippen molar-refractivity contribution < 1.29 is 4.74 Å². The van der Waals surface area contributed by atoms with Gasteiger partial charge in [-0.1, -0.05) is 64.7 Å². The molecule has 0 amide bonds. The van der Waals surface area contributed by atoms with E-state index >= 15 is 0 Å². The zero-order valence-corrected chi connectivity index (χ0v) is 15.4. The van der Waals surface area contributed by atoms with Crippen LogP contribution >= 0.6 is 0 Å². The van der Waals surface area contributed by atoms with Crippen LogP contribution in [0.25, 0.3) is 0 Å². The Bertz CT molecular complexity index is 329. The number of unbranched alkanes of at least 4 members (excludes halogenated alkanes) is 9. The SMILES string of the molecule is CCCCCCCCCCCCN1C=NC(NCCOC)=CC1. The number of hydrogen-bond acceptors (Lipinski definition) is 4. The Labute approximate surface area is 143 Å². The van der Waals surface area contributed by atoms with Gasteiger partial charge in [0.15, 0.2) is 0 Å². The first-order chi connectivity index (χ1) is 11.4. The summed E-state index contributed by atoms with van der Waals surface area (Å²) in [6, 6.07) is 0. The molecule has 0 atom stereocenters. The van der Waals surface area contributed by atoms with Crippen molar-refractivity contribution in [1.29, 1.82) is 0 Å². The van der Waals surface area contributed by atoms with Crippen LogP contribution in [0.5, 0.6) is 0 Å². The van der Waals surface area contributed by atoms with E-state index in [0.717, 1.165) is 32.1 Å². The van der Waals surface area contributed by atoms with E-state index < -0.39 is 0 Å². The quantitative estimate of drug-likeness (QED) is 0.456. The van der Waals surface area contributed by atoms with Gasteiger partial charge in [-0.25, -0.2) is 4.99 Å². The van der Waals surface area contributed by atoms with Gasteiger partial charge < -0.3 is 15.0 Å². The molecule has 0 bridgehead atoms. The summed E-state index contributed by atoms with van der Waals surface area (Å²) in [4.78, 5) is 6.74. The third-order valence-corrected chi connectivity index (χ3v) is 4.29. The van der Waals surface area contributed by atoms with Crippen LogP contribution in [0.2, 0.25) is 0 Å². The number of aliphatic imine (C=N–C) groups is 1. The Hall–Kier alpha value is -1.03. The van der Waals surface area contributed by atoms with Gasteiger partial charge in [-0.05, 0) is 12.5 Å². The molecular formula is C19H37N3O. The van der Waals surface area contributed by atoms with E-state index in [9.17, 15) is 0 Å². The molecule has 0 saturated carbocycles. The average Bonchev–Trinajstić information content (AvgIpc) is 2.58. The van der Waals surface area contributed by atoms with Gasteiger partial charge in [0.1, 0.15) is 5.82 Å². The third kappa shape index (κ3) is 11.2. The molecule has 1 N–H and O–H groups in total. The number of hydrogen-bond donors (Lipinski definition) is 1. The van der Waals surface area contributed by atoms with E-state index in [2.05, 4.69) is 28.2 Å². The Kier molecular flexibility index (Phi) is 12.7. The minimum absolute atomic E-state index is 0.717. The van der Waals surface area contributed by atoms with Crippen molar-refractivity contribution in [3.05, 3.63) is 11.9 Å². The number of nitrogens with one attached hydrogen (secondary N) is 1. The Morgan fingerprint density at radius 2 is 1.70 bits per heavy atom. The van der Waals surface area contributed by atoms with Crippen LogP contribution in [-0.2, 0) is 4.74 Å². The number of ether oxygens (including phenoxy) is 1. The van der Waals surface area contributed by atoms with Crippen LogP contribution in [0.15, 0.2) is 16.9 Å². The second-order valence-electron chi connectivity index (χ2n) is 6.43. The van der Waals surface area contributed by atoms with Crippen LogP contribution in [-0.4, -0.2) is 44.6 Å². The normalized spacial score (nSPS) is 14.2. The minimum atomic E-state index is 0.717. The van der Waals surface area contributed by atoms with Gasteiger partial charge in [-0.15, -0.1) is 0 Å². The number of methoxy groups -OCH3 is 1. The zero-order chi connectivity index (χ0) is 16.6. The average molecular weight is 324 g/mol. The first-order valence-electron chi connectivity index (χ1n) is 9.58. The lowest BCUT2D eigenvalue weighted by Gasteiger charge is -2.22. The summed E-state index contributed by atoms with van der Waals surface area (Å²) >= 11 is 0. The molecule has 0 aromatic heterocycles.